The van der Waals surface area contributed by atoms with Crippen LogP contribution in [0.25, 0.3) is 11.1 Å². The molecule has 0 bridgehead atoms. The van der Waals surface area contributed by atoms with Crippen molar-refractivity contribution < 1.29 is 18.0 Å². The first-order valence-corrected chi connectivity index (χ1v) is 17.6. The first-order valence-electron chi connectivity index (χ1n) is 16.1. The van der Waals surface area contributed by atoms with E-state index in [4.69, 9.17) is 4.99 Å². The van der Waals surface area contributed by atoms with Gasteiger partial charge in [0, 0.05) is 36.0 Å². The second-order valence-corrected chi connectivity index (χ2v) is 16.1. The number of nitrogens with one attached hydrogen (secondary N) is 1. The number of aliphatic imine (C=N–C) groups is 1. The Labute approximate surface area is 263 Å². The molecule has 2 amide bonds. The van der Waals surface area contributed by atoms with Crippen LogP contribution in [0.2, 0.25) is 0 Å². The lowest BCUT2D eigenvalue weighted by molar-refractivity contribution is -0.135. The highest BCUT2D eigenvalue weighted by molar-refractivity contribution is 7.89. The van der Waals surface area contributed by atoms with Gasteiger partial charge in [0.2, 0.25) is 15.9 Å². The smallest absolute Gasteiger partial charge is 0.256 e. The molecule has 1 saturated carbocycles. The second kappa shape index (κ2) is 12.0. The Hall–Kier alpha value is -3.04. The molecule has 9 heteroatoms. The van der Waals surface area contributed by atoms with Crippen LogP contribution in [0.3, 0.4) is 0 Å². The molecule has 238 valence electrons. The molecular weight excluding hydrogens is 572 g/mol. The van der Waals surface area contributed by atoms with Gasteiger partial charge in [0.1, 0.15) is 11.4 Å². The summed E-state index contributed by atoms with van der Waals surface area (Å²) in [6.07, 6.45) is 7.21. The van der Waals surface area contributed by atoms with Crippen molar-refractivity contribution in [1.82, 2.24) is 14.5 Å². The fraction of sp³-hybridized carbons (Fsp3) is 0.571. The van der Waals surface area contributed by atoms with Crippen LogP contribution in [0.15, 0.2) is 52.4 Å². The molecule has 8 nitrogen and oxygen atoms in total. The second-order valence-electron chi connectivity index (χ2n) is 14.5. The Morgan fingerprint density at radius 2 is 1.64 bits per heavy atom. The highest BCUT2D eigenvalue weighted by Crippen LogP contribution is 2.41. The van der Waals surface area contributed by atoms with E-state index >= 15 is 0 Å². The SMILES string of the molecule is CCCCC1=NC2(CCCC2)C(=O)N1Cc1ccc(-c2ccccc2S(=O)(=O)NC(C)(C)C)c(CN2CCC(C)(C)C2=O)c1. The molecule has 0 aromatic heterocycles. The van der Waals surface area contributed by atoms with Gasteiger partial charge >= 0.3 is 0 Å². The number of carbonyl (C=O) groups is 2. The Balaban J connectivity index is 1.55. The standard InChI is InChI=1S/C35H48N4O4S/c1-7-8-15-30-36-35(18-11-12-19-35)32(41)39(30)23-25-16-17-27(26(22-25)24-38-21-20-34(5,6)31(38)40)28-13-9-10-14-29(28)44(42,43)37-33(2,3)4/h9-10,13-14,16-17,22,37H,7-8,11-12,15,18-21,23-24H2,1-6H3. The third kappa shape index (κ3) is 6.50. The molecule has 1 N–H and O–H groups in total. The first kappa shape index (κ1) is 32.4. The van der Waals surface area contributed by atoms with Crippen molar-refractivity contribution in [2.45, 2.75) is 122 Å². The van der Waals surface area contributed by atoms with Crippen LogP contribution in [0.4, 0.5) is 0 Å². The zero-order valence-electron chi connectivity index (χ0n) is 27.2. The Bertz CT molecular complexity index is 1570. The van der Waals surface area contributed by atoms with Crippen molar-refractivity contribution in [2.75, 3.05) is 6.54 Å². The molecule has 2 aliphatic heterocycles. The number of hydrogen-bond donors (Lipinski definition) is 1. The van der Waals surface area contributed by atoms with Crippen LogP contribution in [-0.2, 0) is 32.7 Å². The van der Waals surface area contributed by atoms with E-state index in [0.717, 1.165) is 73.9 Å². The minimum atomic E-state index is -3.83. The van der Waals surface area contributed by atoms with Crippen LogP contribution in [0, 0.1) is 5.41 Å². The molecule has 0 atom stereocenters. The number of amides is 2. The summed E-state index contributed by atoms with van der Waals surface area (Å²) in [6, 6.07) is 13.0. The third-order valence-electron chi connectivity index (χ3n) is 9.13. The lowest BCUT2D eigenvalue weighted by Crippen LogP contribution is -2.40. The molecule has 44 heavy (non-hydrogen) atoms. The minimum Gasteiger partial charge on any atom is -0.338 e. The Morgan fingerprint density at radius 1 is 0.932 bits per heavy atom. The molecule has 5 rings (SSSR count). The number of benzene rings is 2. The van der Waals surface area contributed by atoms with Crippen molar-refractivity contribution in [1.29, 1.82) is 0 Å². The Kier molecular flexibility index (Phi) is 8.86. The van der Waals surface area contributed by atoms with Crippen LogP contribution in [-0.4, -0.2) is 53.5 Å². The van der Waals surface area contributed by atoms with Gasteiger partial charge in [0.25, 0.3) is 5.91 Å². The van der Waals surface area contributed by atoms with Gasteiger partial charge < -0.3 is 4.90 Å². The van der Waals surface area contributed by atoms with Crippen LogP contribution < -0.4 is 4.72 Å². The number of carbonyl (C=O) groups excluding carboxylic acids is 2. The van der Waals surface area contributed by atoms with Gasteiger partial charge in [0.15, 0.2) is 0 Å². The zero-order chi connectivity index (χ0) is 31.9. The molecule has 0 radical (unpaired) electrons. The largest absolute Gasteiger partial charge is 0.338 e. The monoisotopic (exact) mass is 620 g/mol. The Morgan fingerprint density at radius 3 is 2.27 bits per heavy atom. The van der Waals surface area contributed by atoms with E-state index in [2.05, 4.69) is 17.7 Å². The number of sulfonamides is 1. The van der Waals surface area contributed by atoms with Gasteiger partial charge in [-0.3, -0.25) is 19.5 Å². The average molecular weight is 621 g/mol. The predicted octanol–water partition coefficient (Wildman–Crippen LogP) is 6.43. The number of rotatable bonds is 10. The van der Waals surface area contributed by atoms with Crippen LogP contribution in [0.1, 0.15) is 104 Å². The molecular formula is C35H48N4O4S. The predicted molar refractivity (Wildman–Crippen MR) is 174 cm³/mol. The summed E-state index contributed by atoms with van der Waals surface area (Å²) in [5.74, 6) is 1.08. The molecule has 2 aromatic rings. The van der Waals surface area contributed by atoms with E-state index < -0.39 is 26.5 Å². The maximum atomic E-state index is 13.8. The molecule has 3 aliphatic rings. The number of hydrogen-bond acceptors (Lipinski definition) is 5. The maximum Gasteiger partial charge on any atom is 0.256 e. The quantitative estimate of drug-likeness (QED) is 0.331. The highest BCUT2D eigenvalue weighted by Gasteiger charge is 2.49. The highest BCUT2D eigenvalue weighted by atomic mass is 32.2. The molecule has 2 fully saturated rings. The molecule has 1 saturated heterocycles. The summed E-state index contributed by atoms with van der Waals surface area (Å²) in [6.45, 7) is 13.0. The zero-order valence-corrected chi connectivity index (χ0v) is 28.0. The lowest BCUT2D eigenvalue weighted by atomic mass is 9.92. The maximum absolute atomic E-state index is 13.8. The van der Waals surface area contributed by atoms with E-state index in [0.29, 0.717) is 25.2 Å². The average Bonchev–Trinajstić information content (AvgIpc) is 3.60. The van der Waals surface area contributed by atoms with Gasteiger partial charge in [0.05, 0.1) is 11.4 Å². The van der Waals surface area contributed by atoms with Crippen LogP contribution in [0.5, 0.6) is 0 Å². The molecule has 1 spiro atoms. The fourth-order valence-corrected chi connectivity index (χ4v) is 8.45. The summed E-state index contributed by atoms with van der Waals surface area (Å²) in [5, 5.41) is 0. The molecule has 2 heterocycles. The summed E-state index contributed by atoms with van der Waals surface area (Å²) < 4.78 is 30.0. The summed E-state index contributed by atoms with van der Waals surface area (Å²) in [5.41, 5.74) is 1.47. The van der Waals surface area contributed by atoms with Crippen LogP contribution >= 0.6 is 0 Å². The van der Waals surface area contributed by atoms with E-state index in [1.54, 1.807) is 12.1 Å². The van der Waals surface area contributed by atoms with Crippen molar-refractivity contribution in [3.63, 3.8) is 0 Å². The van der Waals surface area contributed by atoms with Crippen molar-refractivity contribution in [2.24, 2.45) is 10.4 Å². The number of likely N-dealkylation sites (tertiary alicyclic amines) is 1. The summed E-state index contributed by atoms with van der Waals surface area (Å²) in [7, 11) is -3.83. The lowest BCUT2D eigenvalue weighted by Gasteiger charge is -2.25. The van der Waals surface area contributed by atoms with Gasteiger partial charge in [-0.1, -0.05) is 76.4 Å². The number of nitrogens with zero attached hydrogens (tertiary/aromatic N) is 3. The first-order chi connectivity index (χ1) is 20.7. The normalized spacial score (nSPS) is 19.8. The van der Waals surface area contributed by atoms with Crippen molar-refractivity contribution >= 4 is 27.7 Å². The van der Waals surface area contributed by atoms with E-state index in [-0.39, 0.29) is 16.7 Å². The van der Waals surface area contributed by atoms with Gasteiger partial charge in [-0.2, -0.15) is 0 Å². The third-order valence-corrected chi connectivity index (χ3v) is 11.0. The van der Waals surface area contributed by atoms with E-state index in [1.165, 1.54) is 0 Å². The van der Waals surface area contributed by atoms with Gasteiger partial charge in [-0.15, -0.1) is 0 Å². The number of amidine groups is 1. The van der Waals surface area contributed by atoms with Crippen molar-refractivity contribution in [3.8, 4) is 11.1 Å². The molecule has 2 aromatic carbocycles. The minimum absolute atomic E-state index is 0.0936. The fourth-order valence-electron chi connectivity index (χ4n) is 6.81. The topological polar surface area (TPSA) is 99.2 Å². The summed E-state index contributed by atoms with van der Waals surface area (Å²) in [4.78, 5) is 36.1. The van der Waals surface area contributed by atoms with E-state index in [1.807, 2.05) is 68.7 Å². The molecule has 1 aliphatic carbocycles. The van der Waals surface area contributed by atoms with Crippen molar-refractivity contribution in [3.05, 3.63) is 53.6 Å². The molecule has 0 unspecified atom stereocenters. The van der Waals surface area contributed by atoms with Gasteiger partial charge in [-0.25, -0.2) is 13.1 Å². The van der Waals surface area contributed by atoms with Gasteiger partial charge in [-0.05, 0) is 69.2 Å². The summed E-state index contributed by atoms with van der Waals surface area (Å²) >= 11 is 0. The van der Waals surface area contributed by atoms with E-state index in [9.17, 15) is 18.0 Å². The number of unbranched alkanes of at least 4 members (excludes halogenated alkanes) is 1.